The summed E-state index contributed by atoms with van der Waals surface area (Å²) in [6.45, 7) is 9.52. The highest BCUT2D eigenvalue weighted by molar-refractivity contribution is 5.51. The van der Waals surface area contributed by atoms with Crippen LogP contribution in [-0.4, -0.2) is 54.1 Å². The number of anilines is 2. The van der Waals surface area contributed by atoms with Gasteiger partial charge in [-0.2, -0.15) is 0 Å². The van der Waals surface area contributed by atoms with E-state index in [1.165, 1.54) is 18.4 Å². The van der Waals surface area contributed by atoms with Gasteiger partial charge in [0.1, 0.15) is 17.5 Å². The largest absolute Gasteiger partial charge is 0.356 e. The van der Waals surface area contributed by atoms with Crippen LogP contribution in [0.3, 0.4) is 0 Å². The standard InChI is InChI=1S/C20H27N5/c1-17-21-19(24-9-5-6-10-24)15-20(22-17)25-13-11-23(12-14-25)16-18-7-3-2-4-8-18/h2-4,7-8,15H,5-6,9-14,16H2,1H3. The fraction of sp³-hybridized carbons (Fsp3) is 0.500. The van der Waals surface area contributed by atoms with E-state index in [9.17, 15) is 0 Å². The van der Waals surface area contributed by atoms with Gasteiger partial charge in [-0.3, -0.25) is 4.90 Å². The Labute approximate surface area is 150 Å². The van der Waals surface area contributed by atoms with Gasteiger partial charge < -0.3 is 9.80 Å². The van der Waals surface area contributed by atoms with Crippen molar-refractivity contribution in [2.45, 2.75) is 26.3 Å². The summed E-state index contributed by atoms with van der Waals surface area (Å²) in [7, 11) is 0. The molecule has 2 fully saturated rings. The molecule has 0 saturated carbocycles. The van der Waals surface area contributed by atoms with Crippen LogP contribution < -0.4 is 9.80 Å². The second kappa shape index (κ2) is 7.40. The van der Waals surface area contributed by atoms with Crippen LogP contribution in [-0.2, 0) is 6.54 Å². The molecule has 1 aromatic heterocycles. The molecular weight excluding hydrogens is 310 g/mol. The van der Waals surface area contributed by atoms with Gasteiger partial charge in [0.05, 0.1) is 0 Å². The normalized spacial score (nSPS) is 18.8. The van der Waals surface area contributed by atoms with Gasteiger partial charge in [-0.15, -0.1) is 0 Å². The number of aromatic nitrogens is 2. The molecule has 25 heavy (non-hydrogen) atoms. The van der Waals surface area contributed by atoms with E-state index in [0.29, 0.717) is 0 Å². The Morgan fingerprint density at radius 1 is 0.800 bits per heavy atom. The lowest BCUT2D eigenvalue weighted by Gasteiger charge is -2.35. The van der Waals surface area contributed by atoms with E-state index in [1.54, 1.807) is 0 Å². The minimum Gasteiger partial charge on any atom is -0.356 e. The number of rotatable bonds is 4. The van der Waals surface area contributed by atoms with E-state index < -0.39 is 0 Å². The van der Waals surface area contributed by atoms with Crippen molar-refractivity contribution in [2.24, 2.45) is 0 Å². The maximum absolute atomic E-state index is 4.71. The van der Waals surface area contributed by atoms with Crippen LogP contribution in [0, 0.1) is 6.92 Å². The van der Waals surface area contributed by atoms with E-state index in [0.717, 1.165) is 63.3 Å². The van der Waals surface area contributed by atoms with E-state index in [1.807, 2.05) is 6.92 Å². The minimum absolute atomic E-state index is 0.881. The maximum Gasteiger partial charge on any atom is 0.134 e. The Hall–Kier alpha value is -2.14. The fourth-order valence-electron chi connectivity index (χ4n) is 3.78. The lowest BCUT2D eigenvalue weighted by Crippen LogP contribution is -2.46. The smallest absolute Gasteiger partial charge is 0.134 e. The molecule has 2 saturated heterocycles. The first kappa shape index (κ1) is 16.3. The van der Waals surface area contributed by atoms with Gasteiger partial charge in [0.2, 0.25) is 0 Å². The highest BCUT2D eigenvalue weighted by Gasteiger charge is 2.21. The Balaban J connectivity index is 1.40. The van der Waals surface area contributed by atoms with E-state index in [4.69, 9.17) is 4.98 Å². The van der Waals surface area contributed by atoms with E-state index in [-0.39, 0.29) is 0 Å². The Bertz CT molecular complexity index is 688. The van der Waals surface area contributed by atoms with E-state index in [2.05, 4.69) is 56.1 Å². The first-order valence-corrected chi connectivity index (χ1v) is 9.40. The molecule has 0 amide bonds. The van der Waals surface area contributed by atoms with Crippen LogP contribution in [0.25, 0.3) is 0 Å². The molecule has 0 aliphatic carbocycles. The number of hydrogen-bond donors (Lipinski definition) is 0. The van der Waals surface area contributed by atoms with Gasteiger partial charge in [-0.05, 0) is 25.3 Å². The Morgan fingerprint density at radius 2 is 1.40 bits per heavy atom. The lowest BCUT2D eigenvalue weighted by atomic mass is 10.2. The van der Waals surface area contributed by atoms with Gasteiger partial charge in [0.25, 0.3) is 0 Å². The molecule has 4 rings (SSSR count). The third kappa shape index (κ3) is 3.93. The van der Waals surface area contributed by atoms with Crippen molar-refractivity contribution in [3.63, 3.8) is 0 Å². The molecule has 0 bridgehead atoms. The predicted octanol–water partition coefficient (Wildman–Crippen LogP) is 2.71. The van der Waals surface area contributed by atoms with E-state index >= 15 is 0 Å². The highest BCUT2D eigenvalue weighted by Crippen LogP contribution is 2.23. The fourth-order valence-corrected chi connectivity index (χ4v) is 3.78. The maximum atomic E-state index is 4.71. The Morgan fingerprint density at radius 3 is 2.04 bits per heavy atom. The summed E-state index contributed by atoms with van der Waals surface area (Å²) in [5, 5.41) is 0. The zero-order chi connectivity index (χ0) is 17.1. The highest BCUT2D eigenvalue weighted by atomic mass is 15.3. The average Bonchev–Trinajstić information content (AvgIpc) is 3.17. The topological polar surface area (TPSA) is 35.5 Å². The summed E-state index contributed by atoms with van der Waals surface area (Å²) in [5.74, 6) is 3.08. The lowest BCUT2D eigenvalue weighted by molar-refractivity contribution is 0.249. The van der Waals surface area contributed by atoms with Crippen molar-refractivity contribution in [2.75, 3.05) is 49.1 Å². The molecule has 2 aliphatic rings. The quantitative estimate of drug-likeness (QED) is 0.857. The first-order chi connectivity index (χ1) is 12.3. The van der Waals surface area contributed by atoms with Crippen molar-refractivity contribution in [1.29, 1.82) is 0 Å². The summed E-state index contributed by atoms with van der Waals surface area (Å²) in [4.78, 5) is 16.7. The molecule has 132 valence electrons. The summed E-state index contributed by atoms with van der Waals surface area (Å²) in [6, 6.07) is 12.9. The van der Waals surface area contributed by atoms with Gasteiger partial charge in [-0.1, -0.05) is 30.3 Å². The summed E-state index contributed by atoms with van der Waals surface area (Å²) >= 11 is 0. The summed E-state index contributed by atoms with van der Waals surface area (Å²) in [6.07, 6.45) is 2.55. The molecule has 0 N–H and O–H groups in total. The van der Waals surface area contributed by atoms with Gasteiger partial charge in [0, 0.05) is 51.9 Å². The zero-order valence-electron chi connectivity index (χ0n) is 15.1. The molecule has 5 heteroatoms. The van der Waals surface area contributed by atoms with Crippen LogP contribution in [0.15, 0.2) is 36.4 Å². The number of aryl methyl sites for hydroxylation is 1. The molecule has 0 atom stereocenters. The molecule has 0 radical (unpaired) electrons. The van der Waals surface area contributed by atoms with Crippen LogP contribution >= 0.6 is 0 Å². The number of nitrogens with zero attached hydrogens (tertiary/aromatic N) is 5. The molecule has 2 aromatic rings. The van der Waals surface area contributed by atoms with Gasteiger partial charge in [0.15, 0.2) is 0 Å². The minimum atomic E-state index is 0.881. The first-order valence-electron chi connectivity index (χ1n) is 9.40. The zero-order valence-corrected chi connectivity index (χ0v) is 15.1. The second-order valence-electron chi connectivity index (χ2n) is 7.07. The van der Waals surface area contributed by atoms with Crippen LogP contribution in [0.1, 0.15) is 24.2 Å². The van der Waals surface area contributed by atoms with Crippen molar-refractivity contribution in [3.8, 4) is 0 Å². The molecular formula is C20H27N5. The number of piperazine rings is 1. The average molecular weight is 337 g/mol. The van der Waals surface area contributed by atoms with Gasteiger partial charge >= 0.3 is 0 Å². The number of benzene rings is 1. The van der Waals surface area contributed by atoms with Crippen molar-refractivity contribution >= 4 is 11.6 Å². The third-order valence-electron chi connectivity index (χ3n) is 5.19. The molecule has 0 spiro atoms. The van der Waals surface area contributed by atoms with Crippen LogP contribution in [0.5, 0.6) is 0 Å². The predicted molar refractivity (Wildman–Crippen MR) is 102 cm³/mol. The number of hydrogen-bond acceptors (Lipinski definition) is 5. The third-order valence-corrected chi connectivity index (χ3v) is 5.19. The second-order valence-corrected chi connectivity index (χ2v) is 7.07. The SMILES string of the molecule is Cc1nc(N2CCCC2)cc(N2CCN(Cc3ccccc3)CC2)n1. The van der Waals surface area contributed by atoms with Crippen LogP contribution in [0.2, 0.25) is 0 Å². The molecule has 3 heterocycles. The monoisotopic (exact) mass is 337 g/mol. The van der Waals surface area contributed by atoms with Crippen molar-refractivity contribution in [1.82, 2.24) is 14.9 Å². The van der Waals surface area contributed by atoms with Crippen LogP contribution in [0.4, 0.5) is 11.6 Å². The van der Waals surface area contributed by atoms with Crippen molar-refractivity contribution in [3.05, 3.63) is 47.8 Å². The molecule has 1 aromatic carbocycles. The molecule has 5 nitrogen and oxygen atoms in total. The van der Waals surface area contributed by atoms with Crippen molar-refractivity contribution < 1.29 is 0 Å². The molecule has 2 aliphatic heterocycles. The Kier molecular flexibility index (Phi) is 4.83. The summed E-state index contributed by atoms with van der Waals surface area (Å²) < 4.78 is 0. The summed E-state index contributed by atoms with van der Waals surface area (Å²) in [5.41, 5.74) is 1.39. The molecule has 0 unspecified atom stereocenters. The van der Waals surface area contributed by atoms with Gasteiger partial charge in [-0.25, -0.2) is 9.97 Å².